The molecule has 2 rings (SSSR count). The van der Waals surface area contributed by atoms with Gasteiger partial charge in [0.25, 0.3) is 5.91 Å². The number of fused-ring (bicyclic) bond motifs is 1. The molecule has 1 aromatic carbocycles. The van der Waals surface area contributed by atoms with Gasteiger partial charge in [0.15, 0.2) is 0 Å². The number of halogens is 1. The van der Waals surface area contributed by atoms with E-state index in [1.54, 1.807) is 0 Å². The summed E-state index contributed by atoms with van der Waals surface area (Å²) in [6.07, 6.45) is 0. The Balaban J connectivity index is 2.32. The van der Waals surface area contributed by atoms with Crippen molar-refractivity contribution in [1.82, 2.24) is 10.2 Å². The third-order valence-corrected chi connectivity index (χ3v) is 3.64. The maximum Gasteiger partial charge on any atom is 0.322 e. The van der Waals surface area contributed by atoms with Gasteiger partial charge in [-0.2, -0.15) is 5.26 Å². The molecule has 8 nitrogen and oxygen atoms in total. The van der Waals surface area contributed by atoms with E-state index in [4.69, 9.17) is 21.4 Å². The van der Waals surface area contributed by atoms with Crippen molar-refractivity contribution >= 4 is 29.4 Å². The van der Waals surface area contributed by atoms with Gasteiger partial charge in [-0.05, 0) is 12.1 Å². The van der Waals surface area contributed by atoms with Crippen LogP contribution in [0, 0.1) is 11.3 Å². The zero-order valence-electron chi connectivity index (χ0n) is 12.0. The molecule has 1 atom stereocenters. The van der Waals surface area contributed by atoms with Crippen molar-refractivity contribution in [2.45, 2.75) is 6.04 Å². The van der Waals surface area contributed by atoms with Crippen LogP contribution in [0.5, 0.6) is 5.75 Å². The highest BCUT2D eigenvalue weighted by Crippen LogP contribution is 2.42. The Morgan fingerprint density at radius 1 is 1.52 bits per heavy atom. The molecule has 0 fully saturated rings. The van der Waals surface area contributed by atoms with E-state index in [9.17, 15) is 19.6 Å². The molecular formula is C14H12ClN3O5. The summed E-state index contributed by atoms with van der Waals surface area (Å²) in [7, 11) is 1.38. The van der Waals surface area contributed by atoms with E-state index in [0.717, 1.165) is 4.90 Å². The molecule has 0 spiro atoms. The first kappa shape index (κ1) is 16.6. The Morgan fingerprint density at radius 2 is 2.22 bits per heavy atom. The number of aliphatic carboxylic acids is 1. The van der Waals surface area contributed by atoms with Crippen molar-refractivity contribution < 1.29 is 24.2 Å². The molecule has 1 aliphatic rings. The number of ether oxygens (including phenoxy) is 1. The number of nitriles is 1. The lowest BCUT2D eigenvalue weighted by atomic mass is 10.0. The molecule has 0 aliphatic carbocycles. The lowest BCUT2D eigenvalue weighted by Crippen LogP contribution is -2.40. The second kappa shape index (κ2) is 6.54. The minimum Gasteiger partial charge on any atom is -0.496 e. The topological polar surface area (TPSA) is 120 Å². The summed E-state index contributed by atoms with van der Waals surface area (Å²) in [6, 6.07) is 3.89. The second-order valence-electron chi connectivity index (χ2n) is 4.67. The Bertz CT molecular complexity index is 728. The molecule has 2 amide bonds. The molecule has 1 aromatic rings. The van der Waals surface area contributed by atoms with Crippen LogP contribution in [-0.4, -0.2) is 48.0 Å². The van der Waals surface area contributed by atoms with Crippen molar-refractivity contribution in [1.29, 1.82) is 5.26 Å². The smallest absolute Gasteiger partial charge is 0.322 e. The van der Waals surface area contributed by atoms with Crippen LogP contribution in [0.25, 0.3) is 0 Å². The summed E-state index contributed by atoms with van der Waals surface area (Å²) in [5, 5.41) is 20.2. The number of methoxy groups -OCH3 is 1. The number of hydrogen-bond donors (Lipinski definition) is 2. The van der Waals surface area contributed by atoms with E-state index in [1.165, 1.54) is 19.2 Å². The largest absolute Gasteiger partial charge is 0.496 e. The van der Waals surface area contributed by atoms with E-state index < -0.39 is 36.9 Å². The summed E-state index contributed by atoms with van der Waals surface area (Å²) < 4.78 is 5.11. The van der Waals surface area contributed by atoms with E-state index in [0.29, 0.717) is 0 Å². The average molecular weight is 338 g/mol. The van der Waals surface area contributed by atoms with Crippen LogP contribution in [0.2, 0.25) is 5.02 Å². The highest BCUT2D eigenvalue weighted by Gasteiger charge is 2.41. The number of carboxylic acids is 1. The van der Waals surface area contributed by atoms with Crippen molar-refractivity contribution in [3.63, 3.8) is 0 Å². The number of carboxylic acid groups (broad SMARTS) is 1. The highest BCUT2D eigenvalue weighted by molar-refractivity contribution is 6.32. The molecule has 0 radical (unpaired) electrons. The highest BCUT2D eigenvalue weighted by atomic mass is 35.5. The Labute approximate surface area is 136 Å². The van der Waals surface area contributed by atoms with E-state index in [1.807, 2.05) is 6.07 Å². The quantitative estimate of drug-likeness (QED) is 0.810. The minimum atomic E-state index is -1.21. The van der Waals surface area contributed by atoms with Gasteiger partial charge in [-0.15, -0.1) is 0 Å². The Morgan fingerprint density at radius 3 is 2.78 bits per heavy atom. The summed E-state index contributed by atoms with van der Waals surface area (Å²) in [6.45, 7) is -1.03. The number of benzene rings is 1. The Kier molecular flexibility index (Phi) is 4.71. The van der Waals surface area contributed by atoms with Gasteiger partial charge < -0.3 is 20.1 Å². The van der Waals surface area contributed by atoms with E-state index in [2.05, 4.69) is 5.32 Å². The molecule has 1 heterocycles. The first-order chi connectivity index (χ1) is 10.9. The summed E-state index contributed by atoms with van der Waals surface area (Å²) in [5.74, 6) is -2.22. The van der Waals surface area contributed by atoms with Gasteiger partial charge in [0.2, 0.25) is 5.91 Å². The van der Waals surface area contributed by atoms with Crippen LogP contribution in [-0.2, 0) is 9.59 Å². The lowest BCUT2D eigenvalue weighted by molar-refractivity contribution is -0.138. The normalized spacial score (nSPS) is 15.8. The molecule has 23 heavy (non-hydrogen) atoms. The molecule has 9 heteroatoms. The summed E-state index contributed by atoms with van der Waals surface area (Å²) >= 11 is 6.08. The second-order valence-corrected chi connectivity index (χ2v) is 5.08. The van der Waals surface area contributed by atoms with E-state index >= 15 is 0 Å². The van der Waals surface area contributed by atoms with Gasteiger partial charge in [0.05, 0.1) is 18.7 Å². The Hall–Kier alpha value is -2.79. The van der Waals surface area contributed by atoms with Crippen LogP contribution in [0.4, 0.5) is 0 Å². The number of carbonyl (C=O) groups excluding carboxylic acids is 2. The van der Waals surface area contributed by atoms with Crippen molar-refractivity contribution in [3.05, 3.63) is 28.3 Å². The number of amides is 2. The third kappa shape index (κ3) is 3.05. The zero-order valence-corrected chi connectivity index (χ0v) is 12.8. The van der Waals surface area contributed by atoms with Crippen LogP contribution in [0.15, 0.2) is 12.1 Å². The van der Waals surface area contributed by atoms with Crippen LogP contribution in [0.1, 0.15) is 22.0 Å². The van der Waals surface area contributed by atoms with Crippen molar-refractivity contribution in [2.75, 3.05) is 20.2 Å². The van der Waals surface area contributed by atoms with Crippen molar-refractivity contribution in [2.24, 2.45) is 0 Å². The predicted octanol–water partition coefficient (Wildman–Crippen LogP) is 0.570. The summed E-state index contributed by atoms with van der Waals surface area (Å²) in [4.78, 5) is 35.7. The maximum atomic E-state index is 12.5. The monoisotopic (exact) mass is 337 g/mol. The average Bonchev–Trinajstić information content (AvgIpc) is 2.79. The van der Waals surface area contributed by atoms with Gasteiger partial charge in [0.1, 0.15) is 24.9 Å². The molecule has 1 unspecified atom stereocenters. The number of rotatable bonds is 5. The van der Waals surface area contributed by atoms with Crippen LogP contribution < -0.4 is 10.1 Å². The van der Waals surface area contributed by atoms with Crippen LogP contribution >= 0.6 is 11.6 Å². The van der Waals surface area contributed by atoms with Gasteiger partial charge in [-0.1, -0.05) is 11.6 Å². The minimum absolute atomic E-state index is 0.137. The molecule has 0 bridgehead atoms. The standard InChI is InChI=1S/C14H12ClN3O5/c1-23-9-3-2-7(15)12-8(4-16)18(14(22)13(9)12)6-10(19)17-5-11(20)21/h2-3,8H,5-6H2,1H3,(H,17,19)(H,20,21). The van der Waals surface area contributed by atoms with Crippen LogP contribution in [0.3, 0.4) is 0 Å². The number of carbonyl (C=O) groups is 3. The number of nitrogens with one attached hydrogen (secondary N) is 1. The SMILES string of the molecule is COc1ccc(Cl)c2c1C(=O)N(CC(=O)NCC(=O)O)C2C#N. The molecule has 120 valence electrons. The third-order valence-electron chi connectivity index (χ3n) is 3.31. The molecule has 0 saturated carbocycles. The summed E-state index contributed by atoms with van der Waals surface area (Å²) in [5.41, 5.74) is 0.419. The lowest BCUT2D eigenvalue weighted by Gasteiger charge is -2.19. The zero-order chi connectivity index (χ0) is 17.1. The van der Waals surface area contributed by atoms with Crippen molar-refractivity contribution in [3.8, 4) is 11.8 Å². The molecule has 0 saturated heterocycles. The number of nitrogens with zero attached hydrogens (tertiary/aromatic N) is 2. The van der Waals surface area contributed by atoms with Gasteiger partial charge in [-0.3, -0.25) is 14.4 Å². The fourth-order valence-electron chi connectivity index (χ4n) is 2.33. The molecule has 0 aromatic heterocycles. The molecule has 2 N–H and O–H groups in total. The van der Waals surface area contributed by atoms with E-state index in [-0.39, 0.29) is 21.9 Å². The fourth-order valence-corrected chi connectivity index (χ4v) is 2.59. The first-order valence-electron chi connectivity index (χ1n) is 6.46. The first-order valence-corrected chi connectivity index (χ1v) is 6.84. The van der Waals surface area contributed by atoms with Gasteiger partial charge in [0, 0.05) is 10.6 Å². The molecule has 1 aliphatic heterocycles. The van der Waals surface area contributed by atoms with Gasteiger partial charge in [-0.25, -0.2) is 0 Å². The predicted molar refractivity (Wildman–Crippen MR) is 78.0 cm³/mol. The number of hydrogen-bond acceptors (Lipinski definition) is 5. The molecular weight excluding hydrogens is 326 g/mol. The fraction of sp³-hybridized carbons (Fsp3) is 0.286. The van der Waals surface area contributed by atoms with Gasteiger partial charge >= 0.3 is 5.97 Å². The maximum absolute atomic E-state index is 12.5.